The Hall–Kier alpha value is -1.36. The average Bonchev–Trinajstić information content (AvgIpc) is 2.44. The van der Waals surface area contributed by atoms with Gasteiger partial charge in [0.15, 0.2) is 0 Å². The molecule has 0 bridgehead atoms. The van der Waals surface area contributed by atoms with Gasteiger partial charge in [0.1, 0.15) is 0 Å². The predicted molar refractivity (Wildman–Crippen MR) is 87.8 cm³/mol. The van der Waals surface area contributed by atoms with Crippen LogP contribution >= 0.6 is 12.4 Å². The summed E-state index contributed by atoms with van der Waals surface area (Å²) in [5.41, 5.74) is -1.27. The molecule has 1 fully saturated rings. The first-order valence-electron chi connectivity index (χ1n) is 7.28. The first-order valence-corrected chi connectivity index (χ1v) is 8.76. The van der Waals surface area contributed by atoms with Crippen LogP contribution in [0.2, 0.25) is 0 Å². The molecule has 1 aromatic carbocycles. The van der Waals surface area contributed by atoms with Crippen LogP contribution in [0, 0.1) is 5.92 Å². The van der Waals surface area contributed by atoms with Crippen molar-refractivity contribution < 1.29 is 26.4 Å². The van der Waals surface area contributed by atoms with Crippen molar-refractivity contribution in [3.63, 3.8) is 0 Å². The summed E-state index contributed by atoms with van der Waals surface area (Å²) in [7, 11) is -4.49. The van der Waals surface area contributed by atoms with Crippen molar-refractivity contribution >= 4 is 28.3 Å². The van der Waals surface area contributed by atoms with Crippen molar-refractivity contribution in [2.24, 2.45) is 5.92 Å². The molecule has 0 radical (unpaired) electrons. The number of amides is 1. The molecule has 1 atom stereocenters. The van der Waals surface area contributed by atoms with Crippen LogP contribution < -0.4 is 15.4 Å². The minimum atomic E-state index is -4.81. The molecule has 0 aliphatic carbocycles. The molecule has 1 aliphatic rings. The number of alkyl halides is 3. The predicted octanol–water partition coefficient (Wildman–Crippen LogP) is 1.13. The highest BCUT2D eigenvalue weighted by Crippen LogP contribution is 2.33. The molecule has 11 heteroatoms. The molecule has 142 valence electrons. The van der Waals surface area contributed by atoms with Gasteiger partial charge >= 0.3 is 6.18 Å². The molecule has 6 nitrogen and oxygen atoms in total. The van der Waals surface area contributed by atoms with Crippen LogP contribution in [0.1, 0.15) is 12.5 Å². The van der Waals surface area contributed by atoms with Crippen LogP contribution in [0.5, 0.6) is 0 Å². The zero-order valence-electron chi connectivity index (χ0n) is 13.3. The Balaban J connectivity index is 0.00000312. The van der Waals surface area contributed by atoms with E-state index in [1.807, 2.05) is 4.72 Å². The molecule has 1 aliphatic heterocycles. The van der Waals surface area contributed by atoms with Gasteiger partial charge in [0.2, 0.25) is 15.9 Å². The Morgan fingerprint density at radius 1 is 1.32 bits per heavy atom. The Kier molecular flexibility index (Phi) is 7.24. The number of hydrogen-bond donors (Lipinski definition) is 3. The average molecular weight is 402 g/mol. The number of carbonyl (C=O) groups is 1. The topological polar surface area (TPSA) is 87.3 Å². The van der Waals surface area contributed by atoms with Gasteiger partial charge in [0.05, 0.1) is 16.5 Å². The maximum atomic E-state index is 13.0. The smallest absolute Gasteiger partial charge is 0.354 e. The molecule has 0 spiro atoms. The molecule has 1 amide bonds. The lowest BCUT2D eigenvalue weighted by atomic mass is 10.0. The Labute approximate surface area is 150 Å². The van der Waals surface area contributed by atoms with Crippen LogP contribution in [-0.4, -0.2) is 40.0 Å². The molecular formula is C14H19ClF3N3O3S. The highest BCUT2D eigenvalue weighted by Gasteiger charge is 2.37. The summed E-state index contributed by atoms with van der Waals surface area (Å²) in [6.07, 6.45) is -4.81. The van der Waals surface area contributed by atoms with Crippen molar-refractivity contribution in [1.82, 2.24) is 15.4 Å². The lowest BCUT2D eigenvalue weighted by Gasteiger charge is -2.27. The molecule has 2 rings (SSSR count). The van der Waals surface area contributed by atoms with Crippen molar-refractivity contribution in [3.8, 4) is 0 Å². The van der Waals surface area contributed by atoms with Crippen molar-refractivity contribution in [2.75, 3.05) is 19.6 Å². The number of sulfonamides is 1. The van der Waals surface area contributed by atoms with E-state index in [9.17, 15) is 26.4 Å². The van der Waals surface area contributed by atoms with Gasteiger partial charge in [-0.3, -0.25) is 4.79 Å². The van der Waals surface area contributed by atoms with Gasteiger partial charge in [-0.2, -0.15) is 17.9 Å². The number of benzene rings is 1. The quantitative estimate of drug-likeness (QED) is 0.667. The minimum absolute atomic E-state index is 0. The fraction of sp³-hybridized carbons (Fsp3) is 0.500. The summed E-state index contributed by atoms with van der Waals surface area (Å²) in [5.74, 6) is -0.307. The monoisotopic (exact) mass is 401 g/mol. The molecule has 0 saturated carbocycles. The number of nitrogens with one attached hydrogen (secondary N) is 3. The second-order valence-corrected chi connectivity index (χ2v) is 7.29. The summed E-state index contributed by atoms with van der Waals surface area (Å²) in [4.78, 5) is 11.0. The Morgan fingerprint density at radius 2 is 1.92 bits per heavy atom. The Morgan fingerprint density at radius 3 is 2.44 bits per heavy atom. The van der Waals surface area contributed by atoms with E-state index in [1.165, 1.54) is 13.0 Å². The molecule has 1 unspecified atom stereocenters. The molecule has 0 aromatic heterocycles. The summed E-state index contributed by atoms with van der Waals surface area (Å²) in [5, 5.41) is 5.60. The molecular weight excluding hydrogens is 383 g/mol. The van der Waals surface area contributed by atoms with Gasteiger partial charge in [-0.05, 0) is 19.1 Å². The number of rotatable bonds is 6. The van der Waals surface area contributed by atoms with Crippen molar-refractivity contribution in [3.05, 3.63) is 29.8 Å². The maximum Gasteiger partial charge on any atom is 0.417 e. The van der Waals surface area contributed by atoms with E-state index in [-0.39, 0.29) is 18.3 Å². The van der Waals surface area contributed by atoms with E-state index in [2.05, 4.69) is 10.6 Å². The van der Waals surface area contributed by atoms with Gasteiger partial charge in [-0.1, -0.05) is 12.1 Å². The molecule has 3 N–H and O–H groups in total. The zero-order chi connectivity index (χ0) is 18.0. The first kappa shape index (κ1) is 21.7. The first-order chi connectivity index (χ1) is 11.1. The van der Waals surface area contributed by atoms with Crippen LogP contribution in [0.15, 0.2) is 29.2 Å². The number of hydrogen-bond acceptors (Lipinski definition) is 4. The van der Waals surface area contributed by atoms with Crippen LogP contribution in [0.25, 0.3) is 0 Å². The van der Waals surface area contributed by atoms with E-state index < -0.39 is 38.6 Å². The maximum absolute atomic E-state index is 13.0. The van der Waals surface area contributed by atoms with Crippen LogP contribution in [0.4, 0.5) is 13.2 Å². The van der Waals surface area contributed by atoms with Crippen LogP contribution in [0.3, 0.4) is 0 Å². The van der Waals surface area contributed by atoms with Gasteiger partial charge in [0, 0.05) is 25.6 Å². The largest absolute Gasteiger partial charge is 0.417 e. The van der Waals surface area contributed by atoms with Crippen molar-refractivity contribution in [2.45, 2.75) is 24.0 Å². The van der Waals surface area contributed by atoms with E-state index in [4.69, 9.17) is 0 Å². The van der Waals surface area contributed by atoms with Gasteiger partial charge < -0.3 is 10.6 Å². The van der Waals surface area contributed by atoms with Gasteiger partial charge in [-0.15, -0.1) is 12.4 Å². The van der Waals surface area contributed by atoms with Crippen LogP contribution in [-0.2, 0) is 21.0 Å². The fourth-order valence-corrected chi connectivity index (χ4v) is 3.61. The van der Waals surface area contributed by atoms with Gasteiger partial charge in [-0.25, -0.2) is 8.42 Å². The van der Waals surface area contributed by atoms with Gasteiger partial charge in [0.25, 0.3) is 0 Å². The zero-order valence-corrected chi connectivity index (χ0v) is 14.9. The molecule has 1 heterocycles. The molecule has 1 aromatic rings. The fourth-order valence-electron chi connectivity index (χ4n) is 2.18. The summed E-state index contributed by atoms with van der Waals surface area (Å²) < 4.78 is 65.3. The molecule has 25 heavy (non-hydrogen) atoms. The second kappa shape index (κ2) is 8.35. The van der Waals surface area contributed by atoms with E-state index in [1.54, 1.807) is 0 Å². The third kappa shape index (κ3) is 5.56. The summed E-state index contributed by atoms with van der Waals surface area (Å²) in [6.45, 7) is 3.19. The van der Waals surface area contributed by atoms with E-state index in [0.29, 0.717) is 12.6 Å². The van der Waals surface area contributed by atoms with E-state index in [0.717, 1.165) is 25.2 Å². The standard InChI is InChI=1S/C14H18F3N3O3S.ClH/c1-9(13(21)19-8-10-6-18-7-10)20-24(22,23)12-5-3-2-4-11(12)14(15,16)17;/h2-5,9-10,18,20H,6-8H2,1H3,(H,19,21);1H. The third-order valence-corrected chi connectivity index (χ3v) is 5.24. The normalized spacial score (nSPS) is 16.5. The highest BCUT2D eigenvalue weighted by molar-refractivity contribution is 7.89. The minimum Gasteiger partial charge on any atom is -0.354 e. The van der Waals surface area contributed by atoms with E-state index >= 15 is 0 Å². The highest BCUT2D eigenvalue weighted by atomic mass is 35.5. The second-order valence-electron chi connectivity index (χ2n) is 5.61. The number of carbonyl (C=O) groups excluding carboxylic acids is 1. The van der Waals surface area contributed by atoms with Crippen molar-refractivity contribution in [1.29, 1.82) is 0 Å². The lowest BCUT2D eigenvalue weighted by Crippen LogP contribution is -2.51. The number of halogens is 4. The Bertz CT molecular complexity index is 709. The lowest BCUT2D eigenvalue weighted by molar-refractivity contribution is -0.139. The summed E-state index contributed by atoms with van der Waals surface area (Å²) >= 11 is 0. The third-order valence-electron chi connectivity index (χ3n) is 3.64. The summed E-state index contributed by atoms with van der Waals surface area (Å²) in [6, 6.07) is 2.64. The molecule has 1 saturated heterocycles. The SMILES string of the molecule is CC(NS(=O)(=O)c1ccccc1C(F)(F)F)C(=O)NCC1CNC1.Cl.